The molecule has 1 aromatic rings. The van der Waals surface area contributed by atoms with Gasteiger partial charge in [-0.1, -0.05) is 12.1 Å². The van der Waals surface area contributed by atoms with Crippen molar-refractivity contribution >= 4 is 18.0 Å². The van der Waals surface area contributed by atoms with Crippen molar-refractivity contribution in [1.29, 1.82) is 0 Å². The number of hydrogen-bond acceptors (Lipinski definition) is 4. The summed E-state index contributed by atoms with van der Waals surface area (Å²) in [6.07, 6.45) is 1.03. The van der Waals surface area contributed by atoms with Crippen LogP contribution >= 0.6 is 11.8 Å². The first kappa shape index (κ1) is 11.5. The first-order valence-corrected chi connectivity index (χ1v) is 6.32. The predicted molar refractivity (Wildman–Crippen MR) is 65.7 cm³/mol. The Bertz CT molecular complexity index is 353. The Morgan fingerprint density at radius 3 is 2.88 bits per heavy atom. The molecule has 1 atom stereocenters. The highest BCUT2D eigenvalue weighted by molar-refractivity contribution is 8.00. The zero-order valence-electron chi connectivity index (χ0n) is 9.26. The van der Waals surface area contributed by atoms with Crippen LogP contribution < -0.4 is 4.74 Å². The second-order valence-corrected chi connectivity index (χ2v) is 4.94. The minimum Gasteiger partial charge on any atom is -0.497 e. The summed E-state index contributed by atoms with van der Waals surface area (Å²) in [5, 5.41) is 0.0297. The molecular formula is C12H15NO2S. The van der Waals surface area contributed by atoms with Crippen LogP contribution in [0.25, 0.3) is 0 Å². The van der Waals surface area contributed by atoms with Gasteiger partial charge in [0.2, 0.25) is 0 Å². The van der Waals surface area contributed by atoms with Crippen LogP contribution in [0.1, 0.15) is 5.56 Å². The molecule has 1 aromatic carbocycles. The summed E-state index contributed by atoms with van der Waals surface area (Å²) in [6.45, 7) is 1.82. The molecule has 3 nitrogen and oxygen atoms in total. The molecule has 16 heavy (non-hydrogen) atoms. The standard InChI is InChI=1S/C12H15NO2S/c1-15-11-4-2-10(3-5-11)8-13-6-7-16-12(13)9-14/h2-5,9,12H,6-8H2,1H3. The Kier molecular flexibility index (Phi) is 3.85. The highest BCUT2D eigenvalue weighted by Gasteiger charge is 2.24. The zero-order valence-corrected chi connectivity index (χ0v) is 10.1. The number of carbonyl (C=O) groups excluding carboxylic acids is 1. The average molecular weight is 237 g/mol. The van der Waals surface area contributed by atoms with Gasteiger partial charge in [0.05, 0.1) is 7.11 Å². The van der Waals surface area contributed by atoms with E-state index in [9.17, 15) is 4.79 Å². The largest absolute Gasteiger partial charge is 0.497 e. The lowest BCUT2D eigenvalue weighted by molar-refractivity contribution is -0.109. The maximum Gasteiger partial charge on any atom is 0.147 e. The normalized spacial score (nSPS) is 20.9. The van der Waals surface area contributed by atoms with Crippen molar-refractivity contribution in [3.8, 4) is 5.75 Å². The van der Waals surface area contributed by atoms with Crippen LogP contribution in [0.5, 0.6) is 5.75 Å². The maximum atomic E-state index is 10.8. The average Bonchev–Trinajstić information content (AvgIpc) is 2.77. The van der Waals surface area contributed by atoms with Gasteiger partial charge in [-0.25, -0.2) is 0 Å². The molecule has 0 bridgehead atoms. The summed E-state index contributed by atoms with van der Waals surface area (Å²) < 4.78 is 5.11. The predicted octanol–water partition coefficient (Wildman–Crippen LogP) is 1.77. The molecular weight excluding hydrogens is 222 g/mol. The lowest BCUT2D eigenvalue weighted by atomic mass is 10.2. The highest BCUT2D eigenvalue weighted by atomic mass is 32.2. The van der Waals surface area contributed by atoms with Gasteiger partial charge in [-0.15, -0.1) is 11.8 Å². The summed E-state index contributed by atoms with van der Waals surface area (Å²) in [4.78, 5) is 13.0. The van der Waals surface area contributed by atoms with Crippen LogP contribution in [-0.4, -0.2) is 36.0 Å². The number of methoxy groups -OCH3 is 1. The fourth-order valence-corrected chi connectivity index (χ4v) is 2.83. The zero-order chi connectivity index (χ0) is 11.4. The minimum atomic E-state index is 0.0297. The molecule has 2 rings (SSSR count). The summed E-state index contributed by atoms with van der Waals surface area (Å²) in [7, 11) is 1.66. The van der Waals surface area contributed by atoms with Crippen LogP contribution in [-0.2, 0) is 11.3 Å². The molecule has 1 aliphatic rings. The summed E-state index contributed by atoms with van der Waals surface area (Å²) in [6, 6.07) is 8.00. The molecule has 0 spiro atoms. The van der Waals surface area contributed by atoms with E-state index in [0.29, 0.717) is 0 Å². The Balaban J connectivity index is 2.00. The Hall–Kier alpha value is -1.00. The van der Waals surface area contributed by atoms with E-state index in [0.717, 1.165) is 30.9 Å². The molecule has 1 unspecified atom stereocenters. The van der Waals surface area contributed by atoms with Crippen LogP contribution in [0.15, 0.2) is 24.3 Å². The van der Waals surface area contributed by atoms with Gasteiger partial charge >= 0.3 is 0 Å². The van der Waals surface area contributed by atoms with Crippen LogP contribution in [0.2, 0.25) is 0 Å². The van der Waals surface area contributed by atoms with Crippen LogP contribution in [0, 0.1) is 0 Å². The molecule has 0 saturated carbocycles. The molecule has 0 radical (unpaired) electrons. The van der Waals surface area contributed by atoms with Crippen molar-refractivity contribution in [3.05, 3.63) is 29.8 Å². The van der Waals surface area contributed by atoms with E-state index in [4.69, 9.17) is 4.74 Å². The van der Waals surface area contributed by atoms with Crippen molar-refractivity contribution in [2.45, 2.75) is 11.9 Å². The summed E-state index contributed by atoms with van der Waals surface area (Å²) in [5.41, 5.74) is 1.22. The minimum absolute atomic E-state index is 0.0297. The molecule has 0 aliphatic carbocycles. The van der Waals surface area contributed by atoms with E-state index < -0.39 is 0 Å². The van der Waals surface area contributed by atoms with Crippen molar-refractivity contribution in [2.75, 3.05) is 19.4 Å². The number of nitrogens with zero attached hydrogens (tertiary/aromatic N) is 1. The molecule has 1 heterocycles. The number of ether oxygens (including phenoxy) is 1. The van der Waals surface area contributed by atoms with E-state index in [2.05, 4.69) is 4.90 Å². The third-order valence-corrected chi connectivity index (χ3v) is 3.86. The highest BCUT2D eigenvalue weighted by Crippen LogP contribution is 2.24. The van der Waals surface area contributed by atoms with Gasteiger partial charge in [0.1, 0.15) is 17.4 Å². The first-order chi connectivity index (χ1) is 7.83. The van der Waals surface area contributed by atoms with E-state index in [-0.39, 0.29) is 5.37 Å². The van der Waals surface area contributed by atoms with Crippen molar-refractivity contribution in [2.24, 2.45) is 0 Å². The number of rotatable bonds is 4. The topological polar surface area (TPSA) is 29.5 Å². The summed E-state index contributed by atoms with van der Waals surface area (Å²) in [5.74, 6) is 1.91. The van der Waals surface area contributed by atoms with Crippen molar-refractivity contribution in [3.63, 3.8) is 0 Å². The Morgan fingerprint density at radius 1 is 1.50 bits per heavy atom. The maximum absolute atomic E-state index is 10.8. The quantitative estimate of drug-likeness (QED) is 0.746. The van der Waals surface area contributed by atoms with E-state index >= 15 is 0 Å². The van der Waals surface area contributed by atoms with Crippen molar-refractivity contribution in [1.82, 2.24) is 4.90 Å². The molecule has 0 aromatic heterocycles. The number of carbonyl (C=O) groups is 1. The second-order valence-electron chi connectivity index (χ2n) is 3.72. The number of aldehydes is 1. The fourth-order valence-electron chi connectivity index (χ4n) is 1.78. The SMILES string of the molecule is COc1ccc(CN2CCSC2C=O)cc1. The monoisotopic (exact) mass is 237 g/mol. The first-order valence-electron chi connectivity index (χ1n) is 5.27. The second kappa shape index (κ2) is 5.37. The van der Waals surface area contributed by atoms with Gasteiger partial charge in [-0.3, -0.25) is 4.90 Å². The van der Waals surface area contributed by atoms with Gasteiger partial charge in [0.25, 0.3) is 0 Å². The third-order valence-electron chi connectivity index (χ3n) is 2.69. The van der Waals surface area contributed by atoms with Crippen molar-refractivity contribution < 1.29 is 9.53 Å². The third kappa shape index (κ3) is 2.57. The Labute approximate surface area is 99.8 Å². The molecule has 1 fully saturated rings. The molecule has 4 heteroatoms. The van der Waals surface area contributed by atoms with Gasteiger partial charge < -0.3 is 9.53 Å². The molecule has 0 N–H and O–H groups in total. The lowest BCUT2D eigenvalue weighted by Gasteiger charge is -2.18. The summed E-state index contributed by atoms with van der Waals surface area (Å²) >= 11 is 1.71. The van der Waals surface area contributed by atoms with Crippen LogP contribution in [0.4, 0.5) is 0 Å². The fraction of sp³-hybridized carbons (Fsp3) is 0.417. The van der Waals surface area contributed by atoms with E-state index in [1.54, 1.807) is 18.9 Å². The lowest BCUT2D eigenvalue weighted by Crippen LogP contribution is -2.28. The Morgan fingerprint density at radius 2 is 2.25 bits per heavy atom. The van der Waals surface area contributed by atoms with Gasteiger partial charge in [0.15, 0.2) is 0 Å². The molecule has 0 amide bonds. The van der Waals surface area contributed by atoms with Gasteiger partial charge in [-0.2, -0.15) is 0 Å². The molecule has 86 valence electrons. The van der Waals surface area contributed by atoms with Crippen LogP contribution in [0.3, 0.4) is 0 Å². The number of thioether (sulfide) groups is 1. The van der Waals surface area contributed by atoms with Gasteiger partial charge in [0, 0.05) is 18.8 Å². The van der Waals surface area contributed by atoms with E-state index in [1.165, 1.54) is 5.56 Å². The molecule has 1 aliphatic heterocycles. The smallest absolute Gasteiger partial charge is 0.147 e. The number of hydrogen-bond donors (Lipinski definition) is 0. The van der Waals surface area contributed by atoms with E-state index in [1.807, 2.05) is 24.3 Å². The number of benzene rings is 1. The van der Waals surface area contributed by atoms with Gasteiger partial charge in [-0.05, 0) is 17.7 Å². The molecule has 1 saturated heterocycles.